The number of carbonyl (C=O) groups is 1. The smallest absolute Gasteiger partial charge is 0.268 e. The largest absolute Gasteiger partial charge is 0.476 e. The molecule has 0 atom stereocenters. The quantitative estimate of drug-likeness (QED) is 0.777. The van der Waals surface area contributed by atoms with Gasteiger partial charge in [0, 0.05) is 0 Å². The third kappa shape index (κ3) is 1.60. The molecule has 1 aromatic carbocycles. The predicted octanol–water partition coefficient (Wildman–Crippen LogP) is 1.78. The highest BCUT2D eigenvalue weighted by Crippen LogP contribution is 2.47. The van der Waals surface area contributed by atoms with Gasteiger partial charge in [0.1, 0.15) is 5.75 Å². The fraction of sp³-hybridized carbons (Fsp3) is 0.462. The van der Waals surface area contributed by atoms with Gasteiger partial charge in [-0.3, -0.25) is 4.79 Å². The molecule has 0 unspecified atom stereocenters. The summed E-state index contributed by atoms with van der Waals surface area (Å²) in [4.78, 5) is 11.7. The van der Waals surface area contributed by atoms with Crippen molar-refractivity contribution in [2.45, 2.75) is 37.9 Å². The van der Waals surface area contributed by atoms with Crippen molar-refractivity contribution in [1.29, 1.82) is 0 Å². The maximum atomic E-state index is 11.7. The van der Waals surface area contributed by atoms with E-state index in [0.717, 1.165) is 18.4 Å². The van der Waals surface area contributed by atoms with Gasteiger partial charge in [-0.05, 0) is 44.4 Å². The standard InChI is InChI=1S/C13H15NO3/c1-12(2)11(15)14-9-4-3-8(7-10(9)17-12)13(16)5-6-13/h3-4,7,16H,5-6H2,1-2H3,(H,14,15). The fourth-order valence-electron chi connectivity index (χ4n) is 2.00. The van der Waals surface area contributed by atoms with Crippen molar-refractivity contribution in [3.63, 3.8) is 0 Å². The number of anilines is 1. The Morgan fingerprint density at radius 1 is 1.35 bits per heavy atom. The number of rotatable bonds is 1. The lowest BCUT2D eigenvalue weighted by Crippen LogP contribution is -2.45. The van der Waals surface area contributed by atoms with Crippen LogP contribution in [0, 0.1) is 0 Å². The van der Waals surface area contributed by atoms with Crippen LogP contribution in [0.25, 0.3) is 0 Å². The molecule has 17 heavy (non-hydrogen) atoms. The van der Waals surface area contributed by atoms with Gasteiger partial charge in [-0.15, -0.1) is 0 Å². The van der Waals surface area contributed by atoms with Crippen LogP contribution in [0.3, 0.4) is 0 Å². The molecule has 1 amide bonds. The Morgan fingerprint density at radius 3 is 2.71 bits per heavy atom. The fourth-order valence-corrected chi connectivity index (χ4v) is 2.00. The Hall–Kier alpha value is -1.55. The summed E-state index contributed by atoms with van der Waals surface area (Å²) in [5.74, 6) is 0.482. The second-order valence-corrected chi connectivity index (χ2v) is 5.31. The number of aliphatic hydroxyl groups is 1. The van der Waals surface area contributed by atoms with E-state index in [0.29, 0.717) is 11.4 Å². The Labute approximate surface area is 99.6 Å². The average Bonchev–Trinajstić information content (AvgIpc) is 2.98. The summed E-state index contributed by atoms with van der Waals surface area (Å²) in [5, 5.41) is 12.8. The van der Waals surface area contributed by atoms with E-state index in [1.54, 1.807) is 19.9 Å². The lowest BCUT2D eigenvalue weighted by molar-refractivity contribution is -0.129. The van der Waals surface area contributed by atoms with E-state index in [9.17, 15) is 9.90 Å². The molecule has 0 saturated heterocycles. The molecule has 1 saturated carbocycles. The lowest BCUT2D eigenvalue weighted by Gasteiger charge is -2.32. The zero-order chi connectivity index (χ0) is 12.3. The molecule has 1 fully saturated rings. The van der Waals surface area contributed by atoms with Crippen LogP contribution in [0.1, 0.15) is 32.3 Å². The van der Waals surface area contributed by atoms with Crippen molar-refractivity contribution in [2.75, 3.05) is 5.32 Å². The van der Waals surface area contributed by atoms with Gasteiger partial charge >= 0.3 is 0 Å². The lowest BCUT2D eigenvalue weighted by atomic mass is 10.0. The van der Waals surface area contributed by atoms with E-state index in [1.165, 1.54) is 0 Å². The molecule has 0 aromatic heterocycles. The molecule has 0 spiro atoms. The van der Waals surface area contributed by atoms with Crippen LogP contribution < -0.4 is 10.1 Å². The second kappa shape index (κ2) is 3.01. The monoisotopic (exact) mass is 233 g/mol. The van der Waals surface area contributed by atoms with Gasteiger partial charge in [0.15, 0.2) is 5.60 Å². The van der Waals surface area contributed by atoms with E-state index < -0.39 is 11.2 Å². The summed E-state index contributed by atoms with van der Waals surface area (Å²) < 4.78 is 5.67. The minimum Gasteiger partial charge on any atom is -0.476 e. The van der Waals surface area contributed by atoms with Crippen molar-refractivity contribution in [2.24, 2.45) is 0 Å². The van der Waals surface area contributed by atoms with Gasteiger partial charge in [0.05, 0.1) is 11.3 Å². The van der Waals surface area contributed by atoms with Crippen molar-refractivity contribution in [1.82, 2.24) is 0 Å². The number of hydrogen-bond donors (Lipinski definition) is 2. The molecule has 4 heteroatoms. The average molecular weight is 233 g/mol. The normalized spacial score (nSPS) is 23.4. The SMILES string of the molecule is CC1(C)Oc2cc(C3(O)CC3)ccc2NC1=O. The van der Waals surface area contributed by atoms with Crippen LogP contribution in [0.5, 0.6) is 5.75 Å². The summed E-state index contributed by atoms with van der Waals surface area (Å²) in [7, 11) is 0. The molecule has 1 aromatic rings. The third-order valence-corrected chi connectivity index (χ3v) is 3.40. The highest BCUT2D eigenvalue weighted by molar-refractivity contribution is 6.00. The summed E-state index contributed by atoms with van der Waals surface area (Å²) >= 11 is 0. The zero-order valence-corrected chi connectivity index (χ0v) is 9.91. The zero-order valence-electron chi connectivity index (χ0n) is 9.91. The number of fused-ring (bicyclic) bond motifs is 1. The van der Waals surface area contributed by atoms with Crippen LogP contribution in [0.15, 0.2) is 18.2 Å². The molecular formula is C13H15NO3. The predicted molar refractivity (Wildman–Crippen MR) is 62.9 cm³/mol. The molecule has 4 nitrogen and oxygen atoms in total. The van der Waals surface area contributed by atoms with E-state index in [-0.39, 0.29) is 5.91 Å². The molecular weight excluding hydrogens is 218 g/mol. The first-order chi connectivity index (χ1) is 7.91. The second-order valence-electron chi connectivity index (χ2n) is 5.31. The first-order valence-electron chi connectivity index (χ1n) is 5.78. The molecule has 0 bridgehead atoms. The maximum Gasteiger partial charge on any atom is 0.268 e. The molecule has 1 heterocycles. The van der Waals surface area contributed by atoms with Gasteiger partial charge in [0.2, 0.25) is 0 Å². The van der Waals surface area contributed by atoms with Gasteiger partial charge in [-0.1, -0.05) is 6.07 Å². The number of benzene rings is 1. The van der Waals surface area contributed by atoms with Crippen molar-refractivity contribution < 1.29 is 14.6 Å². The Bertz CT molecular complexity index is 503. The van der Waals surface area contributed by atoms with Crippen LogP contribution in [0.2, 0.25) is 0 Å². The maximum absolute atomic E-state index is 11.7. The molecule has 0 radical (unpaired) electrons. The van der Waals surface area contributed by atoms with Crippen molar-refractivity contribution >= 4 is 11.6 Å². The summed E-state index contributed by atoms with van der Waals surface area (Å²) in [6, 6.07) is 5.45. The third-order valence-electron chi connectivity index (χ3n) is 3.40. The van der Waals surface area contributed by atoms with Gasteiger partial charge in [0.25, 0.3) is 5.91 Å². The van der Waals surface area contributed by atoms with Crippen LogP contribution >= 0.6 is 0 Å². The molecule has 90 valence electrons. The van der Waals surface area contributed by atoms with E-state index in [1.807, 2.05) is 12.1 Å². The summed E-state index contributed by atoms with van der Waals surface area (Å²) in [6.07, 6.45) is 1.59. The Kier molecular flexibility index (Phi) is 1.88. The first-order valence-corrected chi connectivity index (χ1v) is 5.78. The highest BCUT2D eigenvalue weighted by atomic mass is 16.5. The highest BCUT2D eigenvalue weighted by Gasteiger charge is 2.43. The molecule has 2 aliphatic rings. The van der Waals surface area contributed by atoms with E-state index in [2.05, 4.69) is 5.32 Å². The van der Waals surface area contributed by atoms with Crippen molar-refractivity contribution in [3.05, 3.63) is 23.8 Å². The Morgan fingerprint density at radius 2 is 2.06 bits per heavy atom. The van der Waals surface area contributed by atoms with E-state index >= 15 is 0 Å². The van der Waals surface area contributed by atoms with E-state index in [4.69, 9.17) is 4.74 Å². The minimum absolute atomic E-state index is 0.150. The minimum atomic E-state index is -0.863. The Balaban J connectivity index is 2.01. The molecule has 1 aliphatic heterocycles. The number of amides is 1. The number of ether oxygens (including phenoxy) is 1. The number of hydrogen-bond acceptors (Lipinski definition) is 3. The van der Waals surface area contributed by atoms with Crippen LogP contribution in [-0.2, 0) is 10.4 Å². The van der Waals surface area contributed by atoms with Gasteiger partial charge in [-0.2, -0.15) is 0 Å². The molecule has 1 aliphatic carbocycles. The topological polar surface area (TPSA) is 58.6 Å². The van der Waals surface area contributed by atoms with Crippen LogP contribution in [-0.4, -0.2) is 16.6 Å². The molecule has 2 N–H and O–H groups in total. The van der Waals surface area contributed by atoms with Gasteiger partial charge < -0.3 is 15.2 Å². The van der Waals surface area contributed by atoms with Gasteiger partial charge in [-0.25, -0.2) is 0 Å². The summed E-state index contributed by atoms with van der Waals surface area (Å²) in [5.41, 5.74) is -0.00701. The number of carbonyl (C=O) groups excluding carboxylic acids is 1. The number of nitrogens with one attached hydrogen (secondary N) is 1. The first kappa shape index (κ1) is 10.6. The van der Waals surface area contributed by atoms with Crippen LogP contribution in [0.4, 0.5) is 5.69 Å². The molecule has 3 rings (SSSR count). The van der Waals surface area contributed by atoms with Crippen molar-refractivity contribution in [3.8, 4) is 5.75 Å². The summed E-state index contributed by atoms with van der Waals surface area (Å²) in [6.45, 7) is 3.45.